The zero-order chi connectivity index (χ0) is 13.7. The van der Waals surface area contributed by atoms with Crippen LogP contribution in [-0.4, -0.2) is 25.4 Å². The third-order valence-electron chi connectivity index (χ3n) is 2.21. The molecule has 0 spiro atoms. The normalized spacial score (nSPS) is 9.94. The number of rotatable bonds is 4. The average Bonchev–Trinajstić information content (AvgIpc) is 2.33. The van der Waals surface area contributed by atoms with E-state index in [9.17, 15) is 9.59 Å². The Morgan fingerprint density at radius 1 is 1.33 bits per heavy atom. The molecule has 0 bridgehead atoms. The van der Waals surface area contributed by atoms with Gasteiger partial charge in [-0.15, -0.1) is 0 Å². The Bertz CT molecular complexity index is 478. The van der Waals surface area contributed by atoms with Gasteiger partial charge < -0.3 is 16.4 Å². The van der Waals surface area contributed by atoms with Crippen LogP contribution >= 0.6 is 23.2 Å². The Morgan fingerprint density at radius 3 is 2.61 bits per heavy atom. The predicted molar refractivity (Wildman–Crippen MR) is 71.9 cm³/mol. The van der Waals surface area contributed by atoms with Crippen LogP contribution in [0.5, 0.6) is 0 Å². The van der Waals surface area contributed by atoms with Gasteiger partial charge >= 0.3 is 0 Å². The van der Waals surface area contributed by atoms with E-state index in [0.717, 1.165) is 0 Å². The van der Waals surface area contributed by atoms with Gasteiger partial charge in [0.25, 0.3) is 5.91 Å². The summed E-state index contributed by atoms with van der Waals surface area (Å²) in [7, 11) is 1.53. The van der Waals surface area contributed by atoms with Crippen molar-refractivity contribution in [1.29, 1.82) is 0 Å². The van der Waals surface area contributed by atoms with Crippen molar-refractivity contribution in [2.45, 2.75) is 6.42 Å². The number of nitrogens with two attached hydrogens (primary N) is 1. The summed E-state index contributed by atoms with van der Waals surface area (Å²) in [6.07, 6.45) is 0.190. The Kier molecular flexibility index (Phi) is 5.25. The first-order chi connectivity index (χ1) is 8.45. The number of hydrogen-bond donors (Lipinski definition) is 3. The van der Waals surface area contributed by atoms with E-state index in [4.69, 9.17) is 28.9 Å². The zero-order valence-electron chi connectivity index (χ0n) is 9.72. The van der Waals surface area contributed by atoms with Gasteiger partial charge in [0.15, 0.2) is 0 Å². The molecule has 0 aliphatic carbocycles. The van der Waals surface area contributed by atoms with Crippen LogP contribution in [0.4, 0.5) is 5.69 Å². The molecule has 0 aliphatic rings. The Hall–Kier alpha value is -1.46. The SMILES string of the molecule is CNC(=O)CCNC(=O)c1cc(N)cc(Cl)c1Cl. The predicted octanol–water partition coefficient (Wildman–Crippen LogP) is 1.44. The van der Waals surface area contributed by atoms with Crippen molar-refractivity contribution >= 4 is 40.7 Å². The van der Waals surface area contributed by atoms with E-state index in [-0.39, 0.29) is 34.5 Å². The average molecular weight is 290 g/mol. The van der Waals surface area contributed by atoms with Gasteiger partial charge in [0, 0.05) is 25.7 Å². The highest BCUT2D eigenvalue weighted by Gasteiger charge is 2.14. The first-order valence-corrected chi connectivity index (χ1v) is 5.94. The summed E-state index contributed by atoms with van der Waals surface area (Å²) in [5, 5.41) is 5.37. The van der Waals surface area contributed by atoms with E-state index in [0.29, 0.717) is 5.69 Å². The van der Waals surface area contributed by atoms with Crippen LogP contribution in [0.2, 0.25) is 10.0 Å². The van der Waals surface area contributed by atoms with Crippen LogP contribution in [-0.2, 0) is 4.79 Å². The molecule has 0 radical (unpaired) electrons. The number of halogens is 2. The molecule has 0 unspecified atom stereocenters. The number of hydrogen-bond acceptors (Lipinski definition) is 3. The van der Waals surface area contributed by atoms with Gasteiger partial charge in [-0.2, -0.15) is 0 Å². The molecule has 4 N–H and O–H groups in total. The Morgan fingerprint density at radius 2 is 2.00 bits per heavy atom. The zero-order valence-corrected chi connectivity index (χ0v) is 11.2. The van der Waals surface area contributed by atoms with Gasteiger partial charge in [-0.3, -0.25) is 9.59 Å². The number of nitrogen functional groups attached to an aromatic ring is 1. The van der Waals surface area contributed by atoms with Crippen molar-refractivity contribution < 1.29 is 9.59 Å². The van der Waals surface area contributed by atoms with Crippen molar-refractivity contribution in [1.82, 2.24) is 10.6 Å². The van der Waals surface area contributed by atoms with Crippen LogP contribution in [0.3, 0.4) is 0 Å². The fourth-order valence-corrected chi connectivity index (χ4v) is 1.71. The van der Waals surface area contributed by atoms with Crippen molar-refractivity contribution in [3.05, 3.63) is 27.7 Å². The third kappa shape index (κ3) is 3.78. The lowest BCUT2D eigenvalue weighted by atomic mass is 10.2. The van der Waals surface area contributed by atoms with Gasteiger partial charge in [-0.25, -0.2) is 0 Å². The second-order valence-electron chi connectivity index (χ2n) is 3.54. The van der Waals surface area contributed by atoms with Crippen molar-refractivity contribution in [2.75, 3.05) is 19.3 Å². The molecular formula is C11H13Cl2N3O2. The molecule has 2 amide bonds. The van der Waals surface area contributed by atoms with Crippen molar-refractivity contribution in [3.8, 4) is 0 Å². The second kappa shape index (κ2) is 6.47. The van der Waals surface area contributed by atoms with E-state index in [1.54, 1.807) is 0 Å². The molecule has 1 rings (SSSR count). The molecule has 7 heteroatoms. The van der Waals surface area contributed by atoms with Crippen LogP contribution in [0.15, 0.2) is 12.1 Å². The smallest absolute Gasteiger partial charge is 0.252 e. The first-order valence-electron chi connectivity index (χ1n) is 5.19. The molecule has 5 nitrogen and oxygen atoms in total. The summed E-state index contributed by atoms with van der Waals surface area (Å²) in [6, 6.07) is 2.90. The summed E-state index contributed by atoms with van der Waals surface area (Å²) in [4.78, 5) is 22.8. The maximum absolute atomic E-state index is 11.8. The molecule has 0 saturated heterocycles. The third-order valence-corrected chi connectivity index (χ3v) is 3.01. The molecular weight excluding hydrogens is 277 g/mol. The van der Waals surface area contributed by atoms with Crippen molar-refractivity contribution in [2.24, 2.45) is 0 Å². The summed E-state index contributed by atoms with van der Waals surface area (Å²) in [6.45, 7) is 0.210. The quantitative estimate of drug-likeness (QED) is 0.734. The highest BCUT2D eigenvalue weighted by Crippen LogP contribution is 2.28. The summed E-state index contributed by atoms with van der Waals surface area (Å²) in [5.41, 5.74) is 6.12. The molecule has 1 aromatic carbocycles. The van der Waals surface area contributed by atoms with Gasteiger partial charge in [0.2, 0.25) is 5.91 Å². The summed E-state index contributed by atoms with van der Waals surface area (Å²) >= 11 is 11.7. The number of carbonyl (C=O) groups excluding carboxylic acids is 2. The molecule has 0 heterocycles. The lowest BCUT2D eigenvalue weighted by Gasteiger charge is -2.08. The monoisotopic (exact) mass is 289 g/mol. The minimum absolute atomic E-state index is 0.142. The molecule has 0 aliphatic heterocycles. The van der Waals surface area contributed by atoms with E-state index < -0.39 is 5.91 Å². The maximum Gasteiger partial charge on any atom is 0.252 e. The summed E-state index contributed by atoms with van der Waals surface area (Å²) in [5.74, 6) is -0.579. The second-order valence-corrected chi connectivity index (χ2v) is 4.33. The lowest BCUT2D eigenvalue weighted by Crippen LogP contribution is -2.29. The highest BCUT2D eigenvalue weighted by molar-refractivity contribution is 6.44. The van der Waals surface area contributed by atoms with Crippen LogP contribution < -0.4 is 16.4 Å². The number of anilines is 1. The molecule has 0 aromatic heterocycles. The summed E-state index contributed by atoms with van der Waals surface area (Å²) < 4.78 is 0. The van der Waals surface area contributed by atoms with Crippen LogP contribution in [0.25, 0.3) is 0 Å². The number of amides is 2. The standard InChI is InChI=1S/C11H13Cl2N3O2/c1-15-9(17)2-3-16-11(18)7-4-6(14)5-8(12)10(7)13/h4-5H,2-3,14H2,1H3,(H,15,17)(H,16,18). The number of carbonyl (C=O) groups is 2. The minimum Gasteiger partial charge on any atom is -0.399 e. The van der Waals surface area contributed by atoms with Crippen LogP contribution in [0, 0.1) is 0 Å². The van der Waals surface area contributed by atoms with E-state index in [2.05, 4.69) is 10.6 Å². The van der Waals surface area contributed by atoms with Gasteiger partial charge in [-0.05, 0) is 12.1 Å². The van der Waals surface area contributed by atoms with Crippen LogP contribution in [0.1, 0.15) is 16.8 Å². The molecule has 1 aromatic rings. The molecule has 0 saturated carbocycles. The largest absolute Gasteiger partial charge is 0.399 e. The fraction of sp³-hybridized carbons (Fsp3) is 0.273. The number of benzene rings is 1. The molecule has 0 atom stereocenters. The van der Waals surface area contributed by atoms with Gasteiger partial charge in [-0.1, -0.05) is 23.2 Å². The minimum atomic E-state index is -0.418. The lowest BCUT2D eigenvalue weighted by molar-refractivity contribution is -0.120. The van der Waals surface area contributed by atoms with E-state index >= 15 is 0 Å². The van der Waals surface area contributed by atoms with Crippen molar-refractivity contribution in [3.63, 3.8) is 0 Å². The van der Waals surface area contributed by atoms with Gasteiger partial charge in [0.05, 0.1) is 15.6 Å². The topological polar surface area (TPSA) is 84.2 Å². The Balaban J connectivity index is 2.70. The molecule has 98 valence electrons. The number of nitrogens with one attached hydrogen (secondary N) is 2. The van der Waals surface area contributed by atoms with E-state index in [1.807, 2.05) is 0 Å². The molecule has 18 heavy (non-hydrogen) atoms. The Labute approximate surface area is 115 Å². The van der Waals surface area contributed by atoms with Gasteiger partial charge in [0.1, 0.15) is 0 Å². The van der Waals surface area contributed by atoms with E-state index in [1.165, 1.54) is 19.2 Å². The maximum atomic E-state index is 11.8. The molecule has 0 fully saturated rings. The first kappa shape index (κ1) is 14.6. The highest BCUT2D eigenvalue weighted by atomic mass is 35.5. The fourth-order valence-electron chi connectivity index (χ4n) is 1.29.